The highest BCUT2D eigenvalue weighted by atomic mass is 16.5. The molecular formula is C17H20N6O. The molecule has 3 heterocycles. The van der Waals surface area contributed by atoms with E-state index >= 15 is 0 Å². The van der Waals surface area contributed by atoms with Crippen LogP contribution in [0.1, 0.15) is 6.42 Å². The summed E-state index contributed by atoms with van der Waals surface area (Å²) >= 11 is 0. The van der Waals surface area contributed by atoms with E-state index in [2.05, 4.69) is 42.3 Å². The maximum absolute atomic E-state index is 5.48. The van der Waals surface area contributed by atoms with Gasteiger partial charge in [0.1, 0.15) is 17.6 Å². The highest BCUT2D eigenvalue weighted by Crippen LogP contribution is 2.32. The number of fused-ring (bicyclic) bond motifs is 1. The SMILES string of the molecule is COc1ccccc1N1CC[C@@H](CNc2ncnc3nc[nH]c23)C1. The van der Waals surface area contributed by atoms with E-state index in [-0.39, 0.29) is 0 Å². The number of para-hydroxylation sites is 2. The van der Waals surface area contributed by atoms with Gasteiger partial charge in [0.05, 0.1) is 19.1 Å². The molecule has 1 saturated heterocycles. The number of nitrogens with zero attached hydrogens (tertiary/aromatic N) is 4. The van der Waals surface area contributed by atoms with Crippen LogP contribution < -0.4 is 15.0 Å². The van der Waals surface area contributed by atoms with Crippen molar-refractivity contribution < 1.29 is 4.74 Å². The molecule has 1 aromatic carbocycles. The molecule has 0 saturated carbocycles. The summed E-state index contributed by atoms with van der Waals surface area (Å²) in [4.78, 5) is 18.1. The molecule has 0 unspecified atom stereocenters. The van der Waals surface area contributed by atoms with Crippen molar-refractivity contribution in [2.75, 3.05) is 37.0 Å². The van der Waals surface area contributed by atoms with Crippen LogP contribution in [0.2, 0.25) is 0 Å². The van der Waals surface area contributed by atoms with E-state index in [1.807, 2.05) is 12.1 Å². The first-order valence-corrected chi connectivity index (χ1v) is 8.11. The van der Waals surface area contributed by atoms with Crippen LogP contribution in [0, 0.1) is 5.92 Å². The van der Waals surface area contributed by atoms with E-state index in [9.17, 15) is 0 Å². The fourth-order valence-electron chi connectivity index (χ4n) is 3.25. The Morgan fingerprint density at radius 3 is 3.12 bits per heavy atom. The molecule has 124 valence electrons. The molecule has 4 rings (SSSR count). The maximum atomic E-state index is 5.48. The van der Waals surface area contributed by atoms with Gasteiger partial charge < -0.3 is 19.9 Å². The molecule has 7 heteroatoms. The summed E-state index contributed by atoms with van der Waals surface area (Å²) in [6, 6.07) is 8.19. The normalized spacial score (nSPS) is 17.4. The van der Waals surface area contributed by atoms with Crippen LogP contribution in [-0.4, -0.2) is 46.7 Å². The summed E-state index contributed by atoms with van der Waals surface area (Å²) in [6.07, 6.45) is 4.33. The van der Waals surface area contributed by atoms with E-state index < -0.39 is 0 Å². The van der Waals surface area contributed by atoms with Gasteiger partial charge in [0, 0.05) is 19.6 Å². The third kappa shape index (κ3) is 2.73. The predicted octanol–water partition coefficient (Wildman–Crippen LogP) is 2.30. The second-order valence-electron chi connectivity index (χ2n) is 5.98. The van der Waals surface area contributed by atoms with Gasteiger partial charge in [-0.05, 0) is 24.5 Å². The molecular weight excluding hydrogens is 304 g/mol. The molecule has 2 aromatic heterocycles. The number of hydrogen-bond donors (Lipinski definition) is 2. The number of rotatable bonds is 5. The number of anilines is 2. The van der Waals surface area contributed by atoms with Crippen molar-refractivity contribution in [1.82, 2.24) is 19.9 Å². The van der Waals surface area contributed by atoms with E-state index in [1.165, 1.54) is 5.69 Å². The van der Waals surface area contributed by atoms with Crippen molar-refractivity contribution in [3.05, 3.63) is 36.9 Å². The number of ether oxygens (including phenoxy) is 1. The summed E-state index contributed by atoms with van der Waals surface area (Å²) < 4.78 is 5.48. The molecule has 0 spiro atoms. The number of benzene rings is 1. The molecule has 2 N–H and O–H groups in total. The minimum absolute atomic E-state index is 0.558. The van der Waals surface area contributed by atoms with Crippen LogP contribution in [0.25, 0.3) is 11.2 Å². The number of imidazole rings is 1. The zero-order valence-corrected chi connectivity index (χ0v) is 13.6. The number of methoxy groups -OCH3 is 1. The average Bonchev–Trinajstić information content (AvgIpc) is 3.29. The fourth-order valence-corrected chi connectivity index (χ4v) is 3.25. The molecule has 0 bridgehead atoms. The van der Waals surface area contributed by atoms with Gasteiger partial charge >= 0.3 is 0 Å². The first-order valence-electron chi connectivity index (χ1n) is 8.11. The van der Waals surface area contributed by atoms with Gasteiger partial charge in [-0.3, -0.25) is 0 Å². The van der Waals surface area contributed by atoms with E-state index in [1.54, 1.807) is 19.8 Å². The van der Waals surface area contributed by atoms with Crippen LogP contribution >= 0.6 is 0 Å². The molecule has 1 aliphatic rings. The maximum Gasteiger partial charge on any atom is 0.182 e. The molecule has 3 aromatic rings. The molecule has 24 heavy (non-hydrogen) atoms. The van der Waals surface area contributed by atoms with E-state index in [0.717, 1.165) is 43.1 Å². The minimum atomic E-state index is 0.558. The Bertz CT molecular complexity index is 833. The Morgan fingerprint density at radius 1 is 1.29 bits per heavy atom. The Balaban J connectivity index is 1.42. The first kappa shape index (κ1) is 14.7. The van der Waals surface area contributed by atoms with Crippen molar-refractivity contribution >= 4 is 22.7 Å². The minimum Gasteiger partial charge on any atom is -0.495 e. The van der Waals surface area contributed by atoms with E-state index in [4.69, 9.17) is 4.74 Å². The molecule has 1 atom stereocenters. The van der Waals surface area contributed by atoms with Gasteiger partial charge in [-0.2, -0.15) is 0 Å². The predicted molar refractivity (Wildman–Crippen MR) is 93.5 cm³/mol. The van der Waals surface area contributed by atoms with Crippen molar-refractivity contribution in [2.24, 2.45) is 5.92 Å². The lowest BCUT2D eigenvalue weighted by Crippen LogP contribution is -2.23. The highest BCUT2D eigenvalue weighted by molar-refractivity contribution is 5.81. The van der Waals surface area contributed by atoms with Gasteiger partial charge in [-0.25, -0.2) is 15.0 Å². The van der Waals surface area contributed by atoms with Gasteiger partial charge in [-0.1, -0.05) is 12.1 Å². The fraction of sp³-hybridized carbons (Fsp3) is 0.353. The van der Waals surface area contributed by atoms with Crippen LogP contribution in [0.15, 0.2) is 36.9 Å². The lowest BCUT2D eigenvalue weighted by Gasteiger charge is -2.21. The van der Waals surface area contributed by atoms with Crippen molar-refractivity contribution in [1.29, 1.82) is 0 Å². The third-order valence-electron chi connectivity index (χ3n) is 4.49. The lowest BCUT2D eigenvalue weighted by atomic mass is 10.1. The van der Waals surface area contributed by atoms with Gasteiger partial charge in [0.15, 0.2) is 11.5 Å². The monoisotopic (exact) mass is 324 g/mol. The molecule has 0 radical (unpaired) electrons. The summed E-state index contributed by atoms with van der Waals surface area (Å²) in [5.41, 5.74) is 2.71. The van der Waals surface area contributed by atoms with Gasteiger partial charge in [-0.15, -0.1) is 0 Å². The second kappa shape index (κ2) is 6.35. The first-order chi connectivity index (χ1) is 11.8. The Morgan fingerprint density at radius 2 is 2.21 bits per heavy atom. The second-order valence-corrected chi connectivity index (χ2v) is 5.98. The van der Waals surface area contributed by atoms with Crippen LogP contribution in [0.3, 0.4) is 0 Å². The summed E-state index contributed by atoms with van der Waals surface area (Å²) in [7, 11) is 1.72. The van der Waals surface area contributed by atoms with Crippen LogP contribution in [-0.2, 0) is 0 Å². The van der Waals surface area contributed by atoms with Crippen molar-refractivity contribution in [2.45, 2.75) is 6.42 Å². The quantitative estimate of drug-likeness (QED) is 0.750. The Labute approximate surface area is 140 Å². The van der Waals surface area contributed by atoms with Gasteiger partial charge in [0.2, 0.25) is 0 Å². The molecule has 0 aliphatic carbocycles. The zero-order chi connectivity index (χ0) is 16.4. The number of aromatic amines is 1. The summed E-state index contributed by atoms with van der Waals surface area (Å²) in [5.74, 6) is 2.30. The summed E-state index contributed by atoms with van der Waals surface area (Å²) in [5, 5.41) is 3.44. The Hall–Kier alpha value is -2.83. The van der Waals surface area contributed by atoms with E-state index in [0.29, 0.717) is 11.6 Å². The summed E-state index contributed by atoms with van der Waals surface area (Å²) in [6.45, 7) is 2.91. The largest absolute Gasteiger partial charge is 0.495 e. The Kier molecular flexibility index (Phi) is 3.90. The van der Waals surface area contributed by atoms with Gasteiger partial charge in [0.25, 0.3) is 0 Å². The van der Waals surface area contributed by atoms with Crippen LogP contribution in [0.5, 0.6) is 5.75 Å². The number of aromatic nitrogens is 4. The topological polar surface area (TPSA) is 79.0 Å². The number of H-pyrrole nitrogens is 1. The standard InChI is InChI=1S/C17H20N6O/c1-24-14-5-3-2-4-13(14)23-7-6-12(9-23)8-18-16-15-17(20-10-19-15)22-11-21-16/h2-5,10-12H,6-9H2,1H3,(H2,18,19,20,21,22)/t12-/m0/s1. The zero-order valence-electron chi connectivity index (χ0n) is 13.6. The smallest absolute Gasteiger partial charge is 0.182 e. The molecule has 7 nitrogen and oxygen atoms in total. The average molecular weight is 324 g/mol. The number of hydrogen-bond acceptors (Lipinski definition) is 6. The van der Waals surface area contributed by atoms with Crippen LogP contribution in [0.4, 0.5) is 11.5 Å². The molecule has 1 fully saturated rings. The lowest BCUT2D eigenvalue weighted by molar-refractivity contribution is 0.414. The molecule has 0 amide bonds. The highest BCUT2D eigenvalue weighted by Gasteiger charge is 2.24. The van der Waals surface area contributed by atoms with Crippen molar-refractivity contribution in [3.8, 4) is 5.75 Å². The van der Waals surface area contributed by atoms with Crippen molar-refractivity contribution in [3.63, 3.8) is 0 Å². The third-order valence-corrected chi connectivity index (χ3v) is 4.49. The molecule has 1 aliphatic heterocycles. The number of nitrogens with one attached hydrogen (secondary N) is 2.